The molecule has 0 spiro atoms. The summed E-state index contributed by atoms with van der Waals surface area (Å²) in [6.45, 7) is 7.74. The minimum atomic E-state index is -0.310. The van der Waals surface area contributed by atoms with Crippen molar-refractivity contribution >= 4 is 23.4 Å². The summed E-state index contributed by atoms with van der Waals surface area (Å²) in [5, 5.41) is 0. The molecule has 0 fully saturated rings. The number of carbonyl (C=O) groups excluding carboxylic acids is 3. The summed E-state index contributed by atoms with van der Waals surface area (Å²) in [6, 6.07) is 5.68. The number of aryl methyl sites for hydroxylation is 1. The molecule has 0 saturated carbocycles. The molecule has 154 valence electrons. The lowest BCUT2D eigenvalue weighted by Crippen LogP contribution is -2.29. The molecule has 1 heterocycles. The van der Waals surface area contributed by atoms with Gasteiger partial charge in [0.05, 0.1) is 5.69 Å². The number of amides is 3. The molecule has 2 aliphatic rings. The van der Waals surface area contributed by atoms with E-state index in [1.807, 2.05) is 31.2 Å². The minimum absolute atomic E-state index is 0.0721. The average Bonchev–Trinajstić information content (AvgIpc) is 3.06. The molecule has 0 radical (unpaired) electrons. The Morgan fingerprint density at radius 3 is 2.53 bits per heavy atom. The van der Waals surface area contributed by atoms with Gasteiger partial charge in [0.1, 0.15) is 0 Å². The summed E-state index contributed by atoms with van der Waals surface area (Å²) in [4.78, 5) is 38.8. The average molecular weight is 402 g/mol. The zero-order valence-electron chi connectivity index (χ0n) is 17.6. The highest BCUT2D eigenvalue weighted by atomic mass is 16.2. The maximum atomic E-state index is 12.2. The molecule has 0 aromatic heterocycles. The number of nitrogens with zero attached hydrogens (tertiary/aromatic N) is 2. The van der Waals surface area contributed by atoms with Crippen molar-refractivity contribution in [3.8, 4) is 0 Å². The fraction of sp³-hybridized carbons (Fsp3) is 0.240. The van der Waals surface area contributed by atoms with Crippen LogP contribution in [0, 0.1) is 12.8 Å². The van der Waals surface area contributed by atoms with Crippen molar-refractivity contribution in [2.75, 3.05) is 11.9 Å². The van der Waals surface area contributed by atoms with Crippen LogP contribution in [-0.4, -0.2) is 29.7 Å². The molecule has 1 aliphatic carbocycles. The van der Waals surface area contributed by atoms with Gasteiger partial charge in [0.25, 0.3) is 11.8 Å². The first-order valence-corrected chi connectivity index (χ1v) is 9.94. The van der Waals surface area contributed by atoms with Crippen molar-refractivity contribution in [3.63, 3.8) is 0 Å². The van der Waals surface area contributed by atoms with Gasteiger partial charge in [-0.3, -0.25) is 14.4 Å². The monoisotopic (exact) mass is 402 g/mol. The molecule has 5 heteroatoms. The van der Waals surface area contributed by atoms with Gasteiger partial charge in [-0.15, -0.1) is 0 Å². The lowest BCUT2D eigenvalue weighted by atomic mass is 9.86. The fourth-order valence-corrected chi connectivity index (χ4v) is 3.66. The molecule has 3 rings (SSSR count). The molecule has 1 aromatic rings. The van der Waals surface area contributed by atoms with Gasteiger partial charge in [0, 0.05) is 31.0 Å². The van der Waals surface area contributed by atoms with Gasteiger partial charge in [-0.25, -0.2) is 4.90 Å². The maximum Gasteiger partial charge on any atom is 0.258 e. The van der Waals surface area contributed by atoms with E-state index in [2.05, 4.69) is 19.6 Å². The Balaban J connectivity index is 1.75. The summed E-state index contributed by atoms with van der Waals surface area (Å²) in [6.07, 6.45) is 13.0. The second-order valence-electron chi connectivity index (χ2n) is 7.63. The van der Waals surface area contributed by atoms with Crippen LogP contribution >= 0.6 is 0 Å². The summed E-state index contributed by atoms with van der Waals surface area (Å²) in [7, 11) is 1.78. The summed E-state index contributed by atoms with van der Waals surface area (Å²) < 4.78 is 0. The highest BCUT2D eigenvalue weighted by Crippen LogP contribution is 2.31. The molecule has 1 unspecified atom stereocenters. The molecule has 1 atom stereocenters. The zero-order chi connectivity index (χ0) is 21.8. The van der Waals surface area contributed by atoms with E-state index < -0.39 is 0 Å². The number of hydrogen-bond donors (Lipinski definition) is 0. The van der Waals surface area contributed by atoms with Gasteiger partial charge >= 0.3 is 0 Å². The second kappa shape index (κ2) is 8.91. The second-order valence-corrected chi connectivity index (χ2v) is 7.63. The molecular formula is C25H26N2O3. The largest absolute Gasteiger partial charge is 0.316 e. The van der Waals surface area contributed by atoms with Gasteiger partial charge < -0.3 is 4.90 Å². The van der Waals surface area contributed by atoms with Gasteiger partial charge in [0.15, 0.2) is 0 Å². The number of carbonyl (C=O) groups is 3. The number of likely N-dealkylation sites (N-methyl/N-ethyl adjacent to an activating group) is 1. The Hall–Kier alpha value is -3.47. The Morgan fingerprint density at radius 2 is 1.93 bits per heavy atom. The van der Waals surface area contributed by atoms with Crippen LogP contribution in [0.25, 0.3) is 0 Å². The molecule has 30 heavy (non-hydrogen) atoms. The Kier molecular flexibility index (Phi) is 6.31. The Morgan fingerprint density at radius 1 is 1.23 bits per heavy atom. The van der Waals surface area contributed by atoms with Gasteiger partial charge in [-0.1, -0.05) is 43.4 Å². The van der Waals surface area contributed by atoms with Crippen molar-refractivity contribution in [1.82, 2.24) is 4.90 Å². The number of hydrogen-bond acceptors (Lipinski definition) is 3. The standard InChI is InChI=1S/C25H26N2O3/c1-5-6-7-23(28)26(4)21-10-8-19(17(2)14-21)16-20-9-11-22(15-18(20)3)27-24(29)12-13-25(27)30/h5-13,15,17H,1,14,16H2,2-4H3/b7-6-. The van der Waals surface area contributed by atoms with Gasteiger partial charge in [-0.2, -0.15) is 0 Å². The summed E-state index contributed by atoms with van der Waals surface area (Å²) >= 11 is 0. The van der Waals surface area contributed by atoms with Crippen LogP contribution in [0.5, 0.6) is 0 Å². The summed E-state index contributed by atoms with van der Waals surface area (Å²) in [5.41, 5.74) is 5.04. The van der Waals surface area contributed by atoms with Gasteiger partial charge in [0.2, 0.25) is 5.91 Å². The van der Waals surface area contributed by atoms with Crippen LogP contribution < -0.4 is 4.90 Å². The van der Waals surface area contributed by atoms with E-state index in [0.717, 1.165) is 29.7 Å². The lowest BCUT2D eigenvalue weighted by molar-refractivity contribution is -0.123. The number of imide groups is 1. The topological polar surface area (TPSA) is 57.7 Å². The molecule has 0 bridgehead atoms. The van der Waals surface area contributed by atoms with Crippen LogP contribution in [0.2, 0.25) is 0 Å². The molecule has 1 aliphatic heterocycles. The number of benzene rings is 1. The third-order valence-corrected chi connectivity index (χ3v) is 5.56. The first-order chi connectivity index (χ1) is 14.3. The smallest absolute Gasteiger partial charge is 0.258 e. The van der Waals surface area contributed by atoms with E-state index >= 15 is 0 Å². The highest BCUT2D eigenvalue weighted by Gasteiger charge is 2.26. The molecule has 5 nitrogen and oxygen atoms in total. The molecular weight excluding hydrogens is 376 g/mol. The molecule has 1 aromatic carbocycles. The van der Waals surface area contributed by atoms with Gasteiger partial charge in [-0.05, 0) is 55.0 Å². The normalized spacial score (nSPS) is 18.6. The SMILES string of the molecule is C=C/C=C\C(=O)N(C)C1=CC=C(Cc2ccc(N3C(=O)C=CC3=O)cc2C)C(C)C1. The van der Waals surface area contributed by atoms with E-state index in [-0.39, 0.29) is 17.7 Å². The third-order valence-electron chi connectivity index (χ3n) is 5.56. The third kappa shape index (κ3) is 4.40. The van der Waals surface area contributed by atoms with Crippen LogP contribution in [0.3, 0.4) is 0 Å². The van der Waals surface area contributed by atoms with Crippen molar-refractivity contribution < 1.29 is 14.4 Å². The van der Waals surface area contributed by atoms with Crippen LogP contribution in [0.1, 0.15) is 24.5 Å². The molecule has 3 amide bonds. The Labute approximate surface area is 177 Å². The van der Waals surface area contributed by atoms with Crippen molar-refractivity contribution in [3.05, 3.63) is 89.7 Å². The van der Waals surface area contributed by atoms with E-state index in [4.69, 9.17) is 0 Å². The first-order valence-electron chi connectivity index (χ1n) is 9.94. The van der Waals surface area contributed by atoms with Crippen LogP contribution in [0.4, 0.5) is 5.69 Å². The first kappa shape index (κ1) is 21.2. The summed E-state index contributed by atoms with van der Waals surface area (Å²) in [5.74, 6) is -0.393. The highest BCUT2D eigenvalue weighted by molar-refractivity contribution is 6.28. The van der Waals surface area contributed by atoms with E-state index in [1.165, 1.54) is 28.7 Å². The minimum Gasteiger partial charge on any atom is -0.316 e. The molecule has 0 N–H and O–H groups in total. The van der Waals surface area contributed by atoms with Crippen molar-refractivity contribution in [1.29, 1.82) is 0 Å². The number of rotatable bonds is 6. The van der Waals surface area contributed by atoms with E-state index in [0.29, 0.717) is 11.6 Å². The van der Waals surface area contributed by atoms with E-state index in [9.17, 15) is 14.4 Å². The zero-order valence-corrected chi connectivity index (χ0v) is 17.6. The lowest BCUT2D eigenvalue weighted by Gasteiger charge is -2.27. The Bertz CT molecular complexity index is 1010. The fourth-order valence-electron chi connectivity index (χ4n) is 3.66. The van der Waals surface area contributed by atoms with Crippen molar-refractivity contribution in [2.45, 2.75) is 26.7 Å². The number of allylic oxidation sites excluding steroid dienone is 6. The van der Waals surface area contributed by atoms with E-state index in [1.54, 1.807) is 24.1 Å². The predicted molar refractivity (Wildman–Crippen MR) is 119 cm³/mol. The molecule has 0 saturated heterocycles. The maximum absolute atomic E-state index is 12.2. The van der Waals surface area contributed by atoms with Crippen molar-refractivity contribution in [2.24, 2.45) is 5.92 Å². The predicted octanol–water partition coefficient (Wildman–Crippen LogP) is 4.02. The number of anilines is 1. The van der Waals surface area contributed by atoms with Crippen LogP contribution in [0.15, 0.2) is 78.6 Å². The quantitative estimate of drug-likeness (QED) is 0.410. The van der Waals surface area contributed by atoms with Crippen LogP contribution in [-0.2, 0) is 20.8 Å².